The normalized spacial score (nSPS) is 10.6. The number of carbonyl (C=O) groups is 1. The Morgan fingerprint density at radius 1 is 1.04 bits per heavy atom. The Balaban J connectivity index is 1.72. The molecule has 0 saturated carbocycles. The summed E-state index contributed by atoms with van der Waals surface area (Å²) in [6.45, 7) is 2.00. The average molecular weight is 370 g/mol. The van der Waals surface area contributed by atoms with Gasteiger partial charge in [0.1, 0.15) is 12.0 Å². The van der Waals surface area contributed by atoms with Gasteiger partial charge in [0.05, 0.1) is 17.7 Å². The molecule has 0 aliphatic carbocycles. The van der Waals surface area contributed by atoms with E-state index in [0.29, 0.717) is 17.0 Å². The fourth-order valence-electron chi connectivity index (χ4n) is 3.03. The molecule has 0 fully saturated rings. The average Bonchev–Trinajstić information content (AvgIpc) is 3.13. The number of hydrogen-bond donors (Lipinski definition) is 1. The molecule has 6 heteroatoms. The van der Waals surface area contributed by atoms with E-state index in [1.54, 1.807) is 12.3 Å². The lowest BCUT2D eigenvalue weighted by Crippen LogP contribution is -2.14. The maximum atomic E-state index is 12.5. The molecule has 0 aliphatic rings. The van der Waals surface area contributed by atoms with Gasteiger partial charge in [0.25, 0.3) is 0 Å². The zero-order valence-corrected chi connectivity index (χ0v) is 15.3. The Morgan fingerprint density at radius 3 is 2.57 bits per heavy atom. The zero-order valence-electron chi connectivity index (χ0n) is 15.3. The van der Waals surface area contributed by atoms with Gasteiger partial charge in [0.2, 0.25) is 11.8 Å². The lowest BCUT2D eigenvalue weighted by atomic mass is 10.0. The van der Waals surface area contributed by atoms with Crippen LogP contribution in [0.25, 0.3) is 22.5 Å². The molecule has 4 aromatic rings. The van der Waals surface area contributed by atoms with Crippen molar-refractivity contribution in [1.82, 2.24) is 15.1 Å². The Bertz CT molecular complexity index is 1090. The molecule has 1 amide bonds. The first-order chi connectivity index (χ1) is 13.7. The maximum Gasteiger partial charge on any atom is 0.241 e. The number of hydrogen-bond acceptors (Lipinski definition) is 5. The molecule has 0 unspecified atom stereocenters. The number of rotatable bonds is 5. The van der Waals surface area contributed by atoms with Crippen LogP contribution in [-0.4, -0.2) is 21.0 Å². The maximum absolute atomic E-state index is 12.5. The zero-order chi connectivity index (χ0) is 19.3. The molecule has 28 heavy (non-hydrogen) atoms. The molecule has 4 rings (SSSR count). The quantitative estimate of drug-likeness (QED) is 0.567. The highest BCUT2D eigenvalue weighted by atomic mass is 16.5. The number of carbonyl (C=O) groups excluding carboxylic acids is 1. The van der Waals surface area contributed by atoms with Crippen molar-refractivity contribution in [2.75, 3.05) is 5.32 Å². The van der Waals surface area contributed by atoms with Gasteiger partial charge in [-0.25, -0.2) is 9.97 Å². The van der Waals surface area contributed by atoms with Crippen LogP contribution < -0.4 is 5.32 Å². The van der Waals surface area contributed by atoms with Crippen molar-refractivity contribution < 1.29 is 9.32 Å². The van der Waals surface area contributed by atoms with Crippen molar-refractivity contribution in [2.24, 2.45) is 0 Å². The van der Waals surface area contributed by atoms with E-state index in [4.69, 9.17) is 4.52 Å². The first-order valence-corrected chi connectivity index (χ1v) is 8.88. The Labute approximate surface area is 162 Å². The van der Waals surface area contributed by atoms with E-state index in [1.165, 1.54) is 6.33 Å². The summed E-state index contributed by atoms with van der Waals surface area (Å²) in [5.41, 5.74) is 4.79. The molecule has 2 aromatic heterocycles. The van der Waals surface area contributed by atoms with E-state index < -0.39 is 0 Å². The summed E-state index contributed by atoms with van der Waals surface area (Å²) >= 11 is 0. The van der Waals surface area contributed by atoms with E-state index in [1.807, 2.05) is 61.5 Å². The van der Waals surface area contributed by atoms with E-state index in [9.17, 15) is 4.79 Å². The van der Waals surface area contributed by atoms with E-state index in [2.05, 4.69) is 20.4 Å². The molecule has 2 heterocycles. The Kier molecular flexibility index (Phi) is 4.93. The first kappa shape index (κ1) is 17.6. The number of nitrogens with zero attached hydrogens (tertiary/aromatic N) is 3. The molecular weight excluding hydrogens is 352 g/mol. The van der Waals surface area contributed by atoms with E-state index in [0.717, 1.165) is 16.7 Å². The van der Waals surface area contributed by atoms with Crippen molar-refractivity contribution in [3.05, 3.63) is 84.3 Å². The van der Waals surface area contributed by atoms with Crippen molar-refractivity contribution in [3.63, 3.8) is 0 Å². The number of aromatic nitrogens is 3. The second-order valence-corrected chi connectivity index (χ2v) is 6.36. The minimum atomic E-state index is -0.186. The van der Waals surface area contributed by atoms with Crippen LogP contribution in [0.4, 0.5) is 5.88 Å². The van der Waals surface area contributed by atoms with Crippen LogP contribution >= 0.6 is 0 Å². The highest BCUT2D eigenvalue weighted by molar-refractivity contribution is 5.97. The van der Waals surface area contributed by atoms with Crippen LogP contribution in [0.2, 0.25) is 0 Å². The molecule has 138 valence electrons. The van der Waals surface area contributed by atoms with E-state index >= 15 is 0 Å². The summed E-state index contributed by atoms with van der Waals surface area (Å²) < 4.78 is 5.53. The predicted molar refractivity (Wildman–Crippen MR) is 106 cm³/mol. The lowest BCUT2D eigenvalue weighted by molar-refractivity contribution is -0.115. The van der Waals surface area contributed by atoms with Crippen LogP contribution in [0.3, 0.4) is 0 Å². The van der Waals surface area contributed by atoms with Crippen LogP contribution in [0.1, 0.15) is 11.1 Å². The highest BCUT2D eigenvalue weighted by Gasteiger charge is 2.23. The van der Waals surface area contributed by atoms with Gasteiger partial charge in [-0.05, 0) is 24.1 Å². The molecule has 0 radical (unpaired) electrons. The Hall–Kier alpha value is -3.80. The number of benzene rings is 2. The summed E-state index contributed by atoms with van der Waals surface area (Å²) in [5.74, 6) is 0.0897. The molecule has 2 aromatic carbocycles. The van der Waals surface area contributed by atoms with Crippen molar-refractivity contribution in [2.45, 2.75) is 13.3 Å². The second-order valence-electron chi connectivity index (χ2n) is 6.36. The largest absolute Gasteiger partial charge is 0.337 e. The fourth-order valence-corrected chi connectivity index (χ4v) is 3.03. The third kappa shape index (κ3) is 3.66. The summed E-state index contributed by atoms with van der Waals surface area (Å²) in [4.78, 5) is 20.8. The molecule has 0 spiro atoms. The van der Waals surface area contributed by atoms with Crippen LogP contribution in [-0.2, 0) is 11.2 Å². The van der Waals surface area contributed by atoms with Gasteiger partial charge in [-0.3, -0.25) is 10.1 Å². The number of nitrogens with one attached hydrogen (secondary N) is 1. The smallest absolute Gasteiger partial charge is 0.241 e. The van der Waals surface area contributed by atoms with Crippen LogP contribution in [0.5, 0.6) is 0 Å². The van der Waals surface area contributed by atoms with Gasteiger partial charge < -0.3 is 4.52 Å². The van der Waals surface area contributed by atoms with Gasteiger partial charge in [-0.2, -0.15) is 0 Å². The summed E-state index contributed by atoms with van der Waals surface area (Å²) in [7, 11) is 0. The van der Waals surface area contributed by atoms with Gasteiger partial charge in [0, 0.05) is 11.8 Å². The lowest BCUT2D eigenvalue weighted by Gasteiger charge is -2.07. The Morgan fingerprint density at radius 2 is 1.82 bits per heavy atom. The second kappa shape index (κ2) is 7.84. The number of aryl methyl sites for hydroxylation is 1. The highest BCUT2D eigenvalue weighted by Crippen LogP contribution is 2.37. The van der Waals surface area contributed by atoms with Gasteiger partial charge in [-0.15, -0.1) is 0 Å². The molecule has 1 N–H and O–H groups in total. The van der Waals surface area contributed by atoms with Crippen molar-refractivity contribution in [3.8, 4) is 22.5 Å². The standard InChI is InChI=1S/C22H18N4O2/c1-15-7-5-6-10-17(15)21-20(18-11-12-23-14-24-18)22(28-26-21)25-19(27)13-16-8-3-2-4-9-16/h2-12,14H,13H2,1H3,(H,25,27). The predicted octanol–water partition coefficient (Wildman–Crippen LogP) is 4.29. The molecule has 0 saturated heterocycles. The van der Waals surface area contributed by atoms with Crippen LogP contribution in [0.15, 0.2) is 77.7 Å². The van der Waals surface area contributed by atoms with Crippen molar-refractivity contribution >= 4 is 11.8 Å². The minimum absolute atomic E-state index is 0.186. The number of anilines is 1. The van der Waals surface area contributed by atoms with Gasteiger partial charge in [-0.1, -0.05) is 59.8 Å². The first-order valence-electron chi connectivity index (χ1n) is 8.88. The van der Waals surface area contributed by atoms with Crippen molar-refractivity contribution in [1.29, 1.82) is 0 Å². The third-order valence-electron chi connectivity index (χ3n) is 4.39. The third-order valence-corrected chi connectivity index (χ3v) is 4.39. The SMILES string of the molecule is Cc1ccccc1-c1noc(NC(=O)Cc2ccccc2)c1-c1ccncn1. The summed E-state index contributed by atoms with van der Waals surface area (Å²) in [5, 5.41) is 7.07. The summed E-state index contributed by atoms with van der Waals surface area (Å²) in [6, 6.07) is 19.2. The number of amides is 1. The molecule has 0 aliphatic heterocycles. The monoisotopic (exact) mass is 370 g/mol. The topological polar surface area (TPSA) is 80.9 Å². The van der Waals surface area contributed by atoms with E-state index in [-0.39, 0.29) is 18.2 Å². The fraction of sp³-hybridized carbons (Fsp3) is 0.0909. The van der Waals surface area contributed by atoms with Gasteiger partial charge >= 0.3 is 0 Å². The van der Waals surface area contributed by atoms with Gasteiger partial charge in [0.15, 0.2) is 0 Å². The van der Waals surface area contributed by atoms with Crippen LogP contribution in [0, 0.1) is 6.92 Å². The molecule has 0 atom stereocenters. The molecular formula is C22H18N4O2. The summed E-state index contributed by atoms with van der Waals surface area (Å²) in [6.07, 6.45) is 3.34. The molecule has 0 bridgehead atoms. The molecule has 6 nitrogen and oxygen atoms in total. The minimum Gasteiger partial charge on any atom is -0.337 e.